The van der Waals surface area contributed by atoms with E-state index in [0.717, 1.165) is 241 Å². The van der Waals surface area contributed by atoms with Crippen molar-refractivity contribution >= 4 is 139 Å². The molecular weight excluding hydrogens is 1570 g/mol. The minimum absolute atomic E-state index is 0.410. The fourth-order valence-corrected chi connectivity index (χ4v) is 19.8. The summed E-state index contributed by atoms with van der Waals surface area (Å²) in [5, 5.41) is 0. The number of nitrogens with zero attached hydrogens (tertiary/aromatic N) is 4. The van der Waals surface area contributed by atoms with Gasteiger partial charge in [0.25, 0.3) is 0 Å². The summed E-state index contributed by atoms with van der Waals surface area (Å²) in [7, 11) is 0. The van der Waals surface area contributed by atoms with Crippen LogP contribution in [-0.2, 0) is 0 Å². The number of fused-ring (bicyclic) bond motifs is 16. The lowest BCUT2D eigenvalue weighted by Crippen LogP contribution is -2.06. The lowest BCUT2D eigenvalue weighted by atomic mass is 9.97. The number of H-pyrrole nitrogens is 4. The summed E-state index contributed by atoms with van der Waals surface area (Å²) in [6.07, 6.45) is 19.5. The Bertz CT molecular complexity index is 7130. The Kier molecular flexibility index (Phi) is 19.7. The van der Waals surface area contributed by atoms with Crippen LogP contribution in [0.2, 0.25) is 0 Å². The zero-order chi connectivity index (χ0) is 84.8. The third-order valence-corrected chi connectivity index (χ3v) is 26.4. The third-order valence-electron chi connectivity index (χ3n) is 24.4. The van der Waals surface area contributed by atoms with Crippen LogP contribution in [0.3, 0.4) is 0 Å². The number of benzene rings is 8. The molecule has 0 spiro atoms. The maximum absolute atomic E-state index is 14.6. The summed E-state index contributed by atoms with van der Waals surface area (Å²) < 4.78 is 12.6. The molecule has 0 saturated carbocycles. The average Bonchev–Trinajstić information content (AvgIpc) is 1.62. The molecule has 12 heterocycles. The second kappa shape index (κ2) is 31.8. The second-order valence-corrected chi connectivity index (χ2v) is 35.5. The smallest absolute Gasteiger partial charge is 0.353 e. The number of allylic oxidation sites excluding steroid dienone is 2. The lowest BCUT2D eigenvalue weighted by Gasteiger charge is -2.08. The molecule has 16 bridgehead atoms. The summed E-state index contributed by atoms with van der Waals surface area (Å²) in [6, 6.07) is 88.4. The van der Waals surface area contributed by atoms with Crippen LogP contribution in [0.25, 0.3) is 193 Å². The Hall–Kier alpha value is -15.0. The number of nitrogens with one attached hydrogen (secondary N) is 4. The number of rotatable bonds is 14. The van der Waals surface area contributed by atoms with Crippen molar-refractivity contribution in [3.8, 4) is 101 Å². The summed E-state index contributed by atoms with van der Waals surface area (Å²) in [4.78, 5) is 69.8. The zero-order valence-electron chi connectivity index (χ0n) is 70.2. The van der Waals surface area contributed by atoms with E-state index in [4.69, 9.17) is 29.4 Å². The van der Waals surface area contributed by atoms with E-state index in [1.807, 2.05) is 60.7 Å². The van der Waals surface area contributed by atoms with Gasteiger partial charge >= 0.3 is 11.9 Å². The predicted molar refractivity (Wildman–Crippen MR) is 518 cm³/mol. The van der Waals surface area contributed by atoms with Gasteiger partial charge in [-0.25, -0.2) is 29.5 Å². The minimum Gasteiger partial charge on any atom is -0.422 e. The van der Waals surface area contributed by atoms with Crippen LogP contribution >= 0.6 is 22.7 Å². The monoisotopic (exact) mass is 1660 g/mol. The molecule has 5 aliphatic rings. The Balaban J connectivity index is 0.583. The maximum atomic E-state index is 14.6. The molecule has 0 atom stereocenters. The van der Waals surface area contributed by atoms with E-state index < -0.39 is 11.9 Å². The molecule has 12 nitrogen and oxygen atoms in total. The van der Waals surface area contributed by atoms with Crippen molar-refractivity contribution in [3.63, 3.8) is 0 Å². The molecule has 0 radical (unpaired) electrons. The Labute approximate surface area is 731 Å². The van der Waals surface area contributed by atoms with Gasteiger partial charge < -0.3 is 29.4 Å². The molecule has 16 aromatic rings. The van der Waals surface area contributed by atoms with E-state index in [-0.39, 0.29) is 0 Å². The van der Waals surface area contributed by atoms with Crippen LogP contribution in [0.1, 0.15) is 138 Å². The largest absolute Gasteiger partial charge is 0.422 e. The molecule has 604 valence electrons. The number of carbonyl (C=O) groups is 2. The van der Waals surface area contributed by atoms with Crippen LogP contribution in [-0.4, -0.2) is 51.8 Å². The van der Waals surface area contributed by atoms with E-state index >= 15 is 0 Å². The van der Waals surface area contributed by atoms with Crippen LogP contribution < -0.4 is 9.47 Å². The van der Waals surface area contributed by atoms with Gasteiger partial charge in [0.2, 0.25) is 0 Å². The number of carbonyl (C=O) groups excluding carboxylic acids is 2. The number of ether oxygens (including phenoxy) is 2. The van der Waals surface area contributed by atoms with Gasteiger partial charge in [0.15, 0.2) is 0 Å². The SMILES string of the molecule is Cc1ccc(-c2c3nc(c(-c4ccc(C)cc4)c4ccc([nH]4)c(-c4ccc(OC(=O)c5cc(C6=C(c7cc(C(=O)Oc8ccc(-c9c%10nc(c(-c%11ccc(C)cc%11)c%11ccc([nH]%11)c(-c%11ccc(C)cc%11)c%11nc(c(-c%12ccc(C)cc%12)c%12ccc9[nH]%12)C=C%11)C=C%10)cc8)sc7C)CCC6)c(C)s5)cc4)c4nc(c(-c5ccc(C)cc5)c5ccc2[nH]5)C=C4)C=C3)cc1. The molecule has 4 N–H and O–H groups in total. The van der Waals surface area contributed by atoms with Gasteiger partial charge in [0.05, 0.1) is 45.6 Å². The second-order valence-electron chi connectivity index (χ2n) is 33.0. The van der Waals surface area contributed by atoms with Crippen molar-refractivity contribution in [2.24, 2.45) is 0 Å². The summed E-state index contributed by atoms with van der Waals surface area (Å²) >= 11 is 2.87. The fourth-order valence-electron chi connectivity index (χ4n) is 18.0. The lowest BCUT2D eigenvalue weighted by molar-refractivity contribution is 0.0730. The average molecular weight is 1660 g/mol. The van der Waals surface area contributed by atoms with Gasteiger partial charge in [-0.2, -0.15) is 0 Å². The first-order valence-electron chi connectivity index (χ1n) is 42.3. The first kappa shape index (κ1) is 77.4. The van der Waals surface area contributed by atoms with Crippen LogP contribution in [0.5, 0.6) is 11.5 Å². The zero-order valence-corrected chi connectivity index (χ0v) is 71.9. The number of thiophene rings is 2. The molecular formula is C111H84N8O4S2. The number of esters is 2. The Morgan fingerprint density at radius 2 is 0.440 bits per heavy atom. The number of hydrogen-bond acceptors (Lipinski definition) is 10. The van der Waals surface area contributed by atoms with Crippen LogP contribution in [0, 0.1) is 55.4 Å². The molecule has 8 aromatic carbocycles. The maximum Gasteiger partial charge on any atom is 0.353 e. The molecule has 0 fully saturated rings. The van der Waals surface area contributed by atoms with Crippen molar-refractivity contribution in [3.05, 3.63) is 364 Å². The highest BCUT2D eigenvalue weighted by Gasteiger charge is 2.29. The summed E-state index contributed by atoms with van der Waals surface area (Å²) in [5.41, 5.74) is 40.7. The van der Waals surface area contributed by atoms with Gasteiger partial charge in [-0.3, -0.25) is 0 Å². The fraction of sp³-hybridized carbons (Fsp3) is 0.0991. The summed E-state index contributed by atoms with van der Waals surface area (Å²) in [5.74, 6) is -0.0583. The highest BCUT2D eigenvalue weighted by Crippen LogP contribution is 2.48. The minimum atomic E-state index is -0.439. The number of aryl methyl sites for hydroxylation is 8. The summed E-state index contributed by atoms with van der Waals surface area (Å²) in [6.45, 7) is 16.8. The Morgan fingerprint density at radius 1 is 0.256 bits per heavy atom. The van der Waals surface area contributed by atoms with E-state index in [9.17, 15) is 9.59 Å². The van der Waals surface area contributed by atoms with Gasteiger partial charge in [-0.15, -0.1) is 22.7 Å². The van der Waals surface area contributed by atoms with Crippen LogP contribution in [0.15, 0.2) is 255 Å². The first-order chi connectivity index (χ1) is 61.0. The molecule has 0 amide bonds. The highest BCUT2D eigenvalue weighted by atomic mass is 32.1. The van der Waals surface area contributed by atoms with Gasteiger partial charge in [0.1, 0.15) is 21.3 Å². The van der Waals surface area contributed by atoms with Gasteiger partial charge in [-0.1, -0.05) is 203 Å². The highest BCUT2D eigenvalue weighted by molar-refractivity contribution is 7.14. The molecule has 4 aliphatic heterocycles. The molecule has 8 aromatic heterocycles. The van der Waals surface area contributed by atoms with Crippen LogP contribution in [0.4, 0.5) is 0 Å². The molecule has 0 unspecified atom stereocenters. The van der Waals surface area contributed by atoms with E-state index in [0.29, 0.717) is 21.3 Å². The normalized spacial score (nSPS) is 12.8. The molecule has 125 heavy (non-hydrogen) atoms. The molecule has 1 aliphatic carbocycles. The first-order valence-corrected chi connectivity index (χ1v) is 43.9. The molecule has 14 heteroatoms. The molecule has 21 rings (SSSR count). The predicted octanol–water partition coefficient (Wildman–Crippen LogP) is 29.1. The topological polar surface area (TPSA) is 167 Å². The van der Waals surface area contributed by atoms with Crippen molar-refractivity contribution in [2.75, 3.05) is 0 Å². The quantitative estimate of drug-likeness (QED) is 0.0616. The van der Waals surface area contributed by atoms with Crippen molar-refractivity contribution in [1.29, 1.82) is 0 Å². The number of aromatic nitrogens is 8. The third kappa shape index (κ3) is 14.7. The Morgan fingerprint density at radius 3 is 0.632 bits per heavy atom. The van der Waals surface area contributed by atoms with Crippen molar-refractivity contribution < 1.29 is 19.1 Å². The van der Waals surface area contributed by atoms with E-state index in [1.54, 1.807) is 0 Å². The van der Waals surface area contributed by atoms with Crippen molar-refractivity contribution in [1.82, 2.24) is 39.9 Å². The number of hydrogen-bond donors (Lipinski definition) is 4. The van der Waals surface area contributed by atoms with Crippen molar-refractivity contribution in [2.45, 2.75) is 74.7 Å². The molecule has 0 saturated heterocycles. The van der Waals surface area contributed by atoms with E-state index in [1.165, 1.54) is 44.9 Å². The van der Waals surface area contributed by atoms with Gasteiger partial charge in [0, 0.05) is 98.4 Å². The van der Waals surface area contributed by atoms with E-state index in [2.05, 4.69) is 318 Å². The van der Waals surface area contributed by atoms with Gasteiger partial charge in [-0.05, 0) is 275 Å². The number of aromatic amines is 4. The standard InChI is InChI=1S/C111H84N8O4S2/c1-62-12-24-70(25-13-62)102-84-44-48-88(112-84)104(72-28-16-64(3)17-29-72)92-52-56-96(116-92)108(97-57-53-93(117-97)105(89-49-45-85(102)113-89)73-30-18-65(4)19-31-73)76-36-40-78(41-37-76)122-110(120)100-60-82(68(7)124-100)80-10-9-11-81(80)83-61-101(125-69(83)8)111(121)123-79-42-38-77(39-43-79)109-98-58-54-94(118-98)106(74-32-20-66(5)21-33-74)90-50-46-86(114-90)103(71-26-14-63(2)15-27-71)87-47-51-91(115-87)107(95-55-59-99(109)119-95)75-34-22-67(6)23-35-75/h12-61,112,114,117,119H,9-11H2,1-8H3.